The minimum atomic E-state index is -0.511. The molecule has 0 radical (unpaired) electrons. The number of carbonyl (C=O) groups is 1. The van der Waals surface area contributed by atoms with Crippen molar-refractivity contribution in [2.24, 2.45) is 0 Å². The van der Waals surface area contributed by atoms with E-state index in [4.69, 9.17) is 5.11 Å². The van der Waals surface area contributed by atoms with Gasteiger partial charge in [-0.1, -0.05) is 18.2 Å². The number of hydrogen-bond donors (Lipinski definition) is 2. The lowest BCUT2D eigenvalue weighted by molar-refractivity contribution is 0.0903. The zero-order chi connectivity index (χ0) is 15.4. The van der Waals surface area contributed by atoms with E-state index in [2.05, 4.69) is 33.3 Å². The highest BCUT2D eigenvalue weighted by Gasteiger charge is 2.06. The largest absolute Gasteiger partial charge is 0.388 e. The summed E-state index contributed by atoms with van der Waals surface area (Å²) < 4.78 is 0. The molecule has 0 aliphatic carbocycles. The predicted molar refractivity (Wildman–Crippen MR) is 83.8 cm³/mol. The van der Waals surface area contributed by atoms with E-state index in [9.17, 15) is 4.79 Å². The summed E-state index contributed by atoms with van der Waals surface area (Å²) in [4.78, 5) is 22.9. The molecule has 3 aromatic rings. The van der Waals surface area contributed by atoms with Crippen LogP contribution in [0.2, 0.25) is 0 Å². The first kappa shape index (κ1) is 14.4. The van der Waals surface area contributed by atoms with Crippen molar-refractivity contribution in [2.75, 3.05) is 6.61 Å². The molecular weight excluding hydrogens is 278 g/mol. The van der Waals surface area contributed by atoms with E-state index in [0.29, 0.717) is 11.4 Å². The monoisotopic (exact) mass is 295 g/mol. The summed E-state index contributed by atoms with van der Waals surface area (Å²) in [6.45, 7) is -0.511. The molecule has 112 valence electrons. The number of fused-ring (bicyclic) bond motifs is 1. The molecule has 2 N–H and O–H groups in total. The molecule has 0 saturated carbocycles. The number of benzene rings is 1. The molecule has 0 spiro atoms. The maximum Gasteiger partial charge on any atom is 0.191 e. The number of nitrogens with one attached hydrogen (secondary N) is 1. The van der Waals surface area contributed by atoms with Crippen LogP contribution in [-0.2, 0) is 12.8 Å². The fraction of sp³-hybridized carbons (Fsp3) is 0.235. The molecule has 22 heavy (non-hydrogen) atoms. The average molecular weight is 295 g/mol. The number of Topliss-reactive ketones (excluding diaryl/α,β-unsaturated/α-hetero) is 1. The summed E-state index contributed by atoms with van der Waals surface area (Å²) in [5.74, 6) is 0.361. The zero-order valence-corrected chi connectivity index (χ0v) is 12.1. The van der Waals surface area contributed by atoms with Crippen molar-refractivity contribution in [3.05, 3.63) is 59.8 Å². The smallest absolute Gasteiger partial charge is 0.191 e. The second-order valence-electron chi connectivity index (χ2n) is 5.18. The Hall–Kier alpha value is -2.53. The summed E-state index contributed by atoms with van der Waals surface area (Å²) in [7, 11) is 0. The second-order valence-corrected chi connectivity index (χ2v) is 5.18. The number of aryl methyl sites for hydroxylation is 2. The number of nitrogens with zero attached hydrogens (tertiary/aromatic N) is 2. The van der Waals surface area contributed by atoms with Gasteiger partial charge in [0.25, 0.3) is 0 Å². The molecule has 2 heterocycles. The molecule has 0 aliphatic rings. The van der Waals surface area contributed by atoms with Crippen LogP contribution < -0.4 is 0 Å². The van der Waals surface area contributed by atoms with Crippen molar-refractivity contribution in [1.29, 1.82) is 0 Å². The first-order valence-corrected chi connectivity index (χ1v) is 7.28. The van der Waals surface area contributed by atoms with E-state index in [1.54, 1.807) is 0 Å². The Balaban J connectivity index is 1.60. The summed E-state index contributed by atoms with van der Waals surface area (Å²) in [5.41, 5.74) is 2.80. The first-order valence-electron chi connectivity index (χ1n) is 7.28. The minimum Gasteiger partial charge on any atom is -0.388 e. The molecule has 5 heteroatoms. The molecule has 1 aromatic carbocycles. The highest BCUT2D eigenvalue weighted by molar-refractivity contribution is 5.96. The molecule has 5 nitrogen and oxygen atoms in total. The van der Waals surface area contributed by atoms with Crippen molar-refractivity contribution in [1.82, 2.24) is 15.0 Å². The van der Waals surface area contributed by atoms with Gasteiger partial charge in [-0.2, -0.15) is 0 Å². The third kappa shape index (κ3) is 3.04. The molecule has 0 fully saturated rings. The highest BCUT2D eigenvalue weighted by Crippen LogP contribution is 2.19. The van der Waals surface area contributed by atoms with Gasteiger partial charge in [0.2, 0.25) is 0 Å². The molecule has 0 unspecified atom stereocenters. The number of H-pyrrole nitrogens is 1. The van der Waals surface area contributed by atoms with Gasteiger partial charge in [0.1, 0.15) is 12.4 Å². The van der Waals surface area contributed by atoms with Gasteiger partial charge in [-0.3, -0.25) is 4.79 Å². The first-order chi connectivity index (χ1) is 10.8. The van der Waals surface area contributed by atoms with Crippen molar-refractivity contribution in [3.8, 4) is 0 Å². The number of aromatic amines is 1. The van der Waals surface area contributed by atoms with E-state index in [1.165, 1.54) is 23.3 Å². The van der Waals surface area contributed by atoms with Crippen LogP contribution in [0.5, 0.6) is 0 Å². The highest BCUT2D eigenvalue weighted by atomic mass is 16.3. The van der Waals surface area contributed by atoms with Gasteiger partial charge < -0.3 is 10.1 Å². The molecular formula is C17H17N3O2. The third-order valence-corrected chi connectivity index (χ3v) is 3.69. The lowest BCUT2D eigenvalue weighted by Crippen LogP contribution is -2.07. The Morgan fingerprint density at radius 2 is 1.91 bits per heavy atom. The Bertz CT molecular complexity index is 778. The van der Waals surface area contributed by atoms with Crippen molar-refractivity contribution in [2.45, 2.75) is 19.3 Å². The van der Waals surface area contributed by atoms with Crippen LogP contribution in [-0.4, -0.2) is 32.4 Å². The standard InChI is InChI=1S/C17H17N3O2/c21-11-16(22)13-9-19-17(20-10-13)7-3-4-12-8-18-15-6-2-1-5-14(12)15/h1-2,5-6,8-10,18,21H,3-4,7,11H2. The van der Waals surface area contributed by atoms with Crippen molar-refractivity contribution in [3.63, 3.8) is 0 Å². The van der Waals surface area contributed by atoms with Crippen molar-refractivity contribution >= 4 is 16.7 Å². The van der Waals surface area contributed by atoms with Crippen LogP contribution in [0.3, 0.4) is 0 Å². The quantitative estimate of drug-likeness (QED) is 0.684. The van der Waals surface area contributed by atoms with Crippen LogP contribution >= 0.6 is 0 Å². The van der Waals surface area contributed by atoms with Crippen molar-refractivity contribution < 1.29 is 9.90 Å². The van der Waals surface area contributed by atoms with E-state index in [0.717, 1.165) is 24.8 Å². The van der Waals surface area contributed by atoms with E-state index < -0.39 is 6.61 Å². The molecule has 2 aromatic heterocycles. The Morgan fingerprint density at radius 3 is 2.68 bits per heavy atom. The Labute approximate surface area is 128 Å². The fourth-order valence-corrected chi connectivity index (χ4v) is 2.49. The van der Waals surface area contributed by atoms with Gasteiger partial charge in [-0.15, -0.1) is 0 Å². The maximum atomic E-state index is 11.3. The Morgan fingerprint density at radius 1 is 1.14 bits per heavy atom. The molecule has 0 bridgehead atoms. The minimum absolute atomic E-state index is 0.350. The number of carbonyl (C=O) groups excluding carboxylic acids is 1. The third-order valence-electron chi connectivity index (χ3n) is 3.69. The lowest BCUT2D eigenvalue weighted by Gasteiger charge is -2.02. The topological polar surface area (TPSA) is 78.9 Å². The molecule has 0 aliphatic heterocycles. The predicted octanol–water partition coefficient (Wildman–Crippen LogP) is 2.31. The van der Waals surface area contributed by atoms with Crippen LogP contribution in [0.4, 0.5) is 0 Å². The zero-order valence-electron chi connectivity index (χ0n) is 12.1. The SMILES string of the molecule is O=C(CO)c1cnc(CCCc2c[nH]c3ccccc23)nc1. The van der Waals surface area contributed by atoms with Crippen LogP contribution in [0, 0.1) is 0 Å². The van der Waals surface area contributed by atoms with E-state index in [1.807, 2.05) is 12.1 Å². The number of rotatable bonds is 6. The molecule has 0 amide bonds. The fourth-order valence-electron chi connectivity index (χ4n) is 2.49. The van der Waals surface area contributed by atoms with Gasteiger partial charge in [-0.25, -0.2) is 9.97 Å². The van der Waals surface area contributed by atoms with Crippen LogP contribution in [0.25, 0.3) is 10.9 Å². The number of aliphatic hydroxyl groups is 1. The number of ketones is 1. The van der Waals surface area contributed by atoms with Crippen LogP contribution in [0.1, 0.15) is 28.2 Å². The van der Waals surface area contributed by atoms with E-state index in [-0.39, 0.29) is 5.78 Å². The number of hydrogen-bond acceptors (Lipinski definition) is 4. The lowest BCUT2D eigenvalue weighted by atomic mass is 10.1. The normalized spacial score (nSPS) is 11.0. The number of aromatic nitrogens is 3. The Kier molecular flexibility index (Phi) is 4.25. The van der Waals surface area contributed by atoms with Gasteiger partial charge in [0.05, 0.1) is 5.56 Å². The average Bonchev–Trinajstić information content (AvgIpc) is 2.98. The molecule has 0 atom stereocenters. The summed E-state index contributed by atoms with van der Waals surface area (Å²) in [6.07, 6.45) is 7.65. The molecule has 0 saturated heterocycles. The molecule has 3 rings (SSSR count). The summed E-state index contributed by atoms with van der Waals surface area (Å²) in [6, 6.07) is 8.25. The second kappa shape index (κ2) is 6.49. The maximum absolute atomic E-state index is 11.3. The number of aliphatic hydroxyl groups excluding tert-OH is 1. The summed E-state index contributed by atoms with van der Waals surface area (Å²) in [5, 5.41) is 10.0. The van der Waals surface area contributed by atoms with E-state index >= 15 is 0 Å². The van der Waals surface area contributed by atoms with Gasteiger partial charge in [0.15, 0.2) is 5.78 Å². The number of para-hydroxylation sites is 1. The summed E-state index contributed by atoms with van der Waals surface area (Å²) >= 11 is 0. The van der Waals surface area contributed by atoms with Gasteiger partial charge in [0, 0.05) is 35.9 Å². The van der Waals surface area contributed by atoms with Gasteiger partial charge in [-0.05, 0) is 24.5 Å². The van der Waals surface area contributed by atoms with Gasteiger partial charge >= 0.3 is 0 Å². The van der Waals surface area contributed by atoms with Crippen LogP contribution in [0.15, 0.2) is 42.9 Å².